The smallest absolute Gasteiger partial charge is 0.0571 e. The van der Waals surface area contributed by atoms with E-state index in [9.17, 15) is 0 Å². The van der Waals surface area contributed by atoms with Gasteiger partial charge in [-0.15, -0.1) is 0 Å². The van der Waals surface area contributed by atoms with Crippen molar-refractivity contribution in [3.05, 3.63) is 0 Å². The van der Waals surface area contributed by atoms with Gasteiger partial charge in [0.25, 0.3) is 0 Å². The summed E-state index contributed by atoms with van der Waals surface area (Å²) in [5.41, 5.74) is 0. The van der Waals surface area contributed by atoms with Gasteiger partial charge in [-0.05, 0) is 31.6 Å². The van der Waals surface area contributed by atoms with Crippen molar-refractivity contribution in [2.45, 2.75) is 45.6 Å². The Morgan fingerprint density at radius 1 is 1.18 bits per heavy atom. The Bertz CT molecular complexity index is 103. The summed E-state index contributed by atoms with van der Waals surface area (Å²) in [6.45, 7) is 4.55. The van der Waals surface area contributed by atoms with Crippen LogP contribution in [-0.2, 0) is 4.74 Å². The Morgan fingerprint density at radius 2 is 1.73 bits per heavy atom. The Morgan fingerprint density at radius 3 is 2.18 bits per heavy atom. The average molecular weight is 156 g/mol. The second-order valence-corrected chi connectivity index (χ2v) is 3.96. The van der Waals surface area contributed by atoms with Gasteiger partial charge in [0.05, 0.1) is 6.10 Å². The Balaban J connectivity index is 2.27. The summed E-state index contributed by atoms with van der Waals surface area (Å²) in [7, 11) is 1.82. The van der Waals surface area contributed by atoms with E-state index in [0.29, 0.717) is 6.10 Å². The first-order chi connectivity index (χ1) is 5.24. The molecule has 0 amide bonds. The highest BCUT2D eigenvalue weighted by Crippen LogP contribution is 2.30. The zero-order valence-corrected chi connectivity index (χ0v) is 7.97. The lowest BCUT2D eigenvalue weighted by Gasteiger charge is -2.29. The van der Waals surface area contributed by atoms with Gasteiger partial charge in [0.1, 0.15) is 0 Å². The largest absolute Gasteiger partial charge is 0.381 e. The molecule has 11 heavy (non-hydrogen) atoms. The monoisotopic (exact) mass is 156 g/mol. The summed E-state index contributed by atoms with van der Waals surface area (Å²) in [6, 6.07) is 0. The van der Waals surface area contributed by atoms with Crippen LogP contribution in [0.1, 0.15) is 39.5 Å². The fraction of sp³-hybridized carbons (Fsp3) is 1.00. The molecule has 0 bridgehead atoms. The SMILES string of the molecule is COC(C)C1CCC(C)CC1. The van der Waals surface area contributed by atoms with Crippen molar-refractivity contribution in [1.29, 1.82) is 0 Å². The van der Waals surface area contributed by atoms with Crippen molar-refractivity contribution in [1.82, 2.24) is 0 Å². The van der Waals surface area contributed by atoms with Gasteiger partial charge in [-0.3, -0.25) is 0 Å². The molecular formula is C10H20O. The molecule has 0 N–H and O–H groups in total. The molecule has 1 aliphatic carbocycles. The lowest BCUT2D eigenvalue weighted by Crippen LogP contribution is -2.24. The fourth-order valence-electron chi connectivity index (χ4n) is 1.95. The van der Waals surface area contributed by atoms with E-state index in [4.69, 9.17) is 4.74 Å². The second kappa shape index (κ2) is 4.10. The Kier molecular flexibility index (Phi) is 3.38. The van der Waals surface area contributed by atoms with E-state index in [1.807, 2.05) is 7.11 Å². The highest BCUT2D eigenvalue weighted by atomic mass is 16.5. The van der Waals surface area contributed by atoms with Crippen molar-refractivity contribution in [2.24, 2.45) is 11.8 Å². The molecule has 0 aromatic rings. The average Bonchev–Trinajstić information content (AvgIpc) is 2.05. The van der Waals surface area contributed by atoms with Gasteiger partial charge < -0.3 is 4.74 Å². The maximum Gasteiger partial charge on any atom is 0.0571 e. The van der Waals surface area contributed by atoms with Crippen LogP contribution in [0.3, 0.4) is 0 Å². The molecule has 1 fully saturated rings. The van der Waals surface area contributed by atoms with Gasteiger partial charge in [-0.1, -0.05) is 19.8 Å². The number of hydrogen-bond acceptors (Lipinski definition) is 1. The van der Waals surface area contributed by atoms with E-state index in [1.54, 1.807) is 0 Å². The van der Waals surface area contributed by atoms with Crippen LogP contribution in [0.5, 0.6) is 0 Å². The maximum absolute atomic E-state index is 5.32. The summed E-state index contributed by atoms with van der Waals surface area (Å²) in [6.07, 6.45) is 6.02. The first-order valence-corrected chi connectivity index (χ1v) is 4.76. The zero-order valence-electron chi connectivity index (χ0n) is 7.97. The highest BCUT2D eigenvalue weighted by Gasteiger charge is 2.22. The van der Waals surface area contributed by atoms with Crippen LogP contribution in [0.25, 0.3) is 0 Å². The van der Waals surface area contributed by atoms with Crippen molar-refractivity contribution >= 4 is 0 Å². The van der Waals surface area contributed by atoms with Crippen LogP contribution < -0.4 is 0 Å². The van der Waals surface area contributed by atoms with E-state index >= 15 is 0 Å². The van der Waals surface area contributed by atoms with Crippen molar-refractivity contribution in [2.75, 3.05) is 7.11 Å². The number of rotatable bonds is 2. The van der Waals surface area contributed by atoms with Crippen molar-refractivity contribution in [3.8, 4) is 0 Å². The molecule has 1 nitrogen and oxygen atoms in total. The third-order valence-electron chi connectivity index (χ3n) is 3.10. The number of methoxy groups -OCH3 is 1. The molecule has 0 aromatic heterocycles. The minimum Gasteiger partial charge on any atom is -0.381 e. The molecule has 0 aromatic carbocycles. The molecule has 1 rings (SSSR count). The standard InChI is InChI=1S/C10H20O/c1-8-4-6-10(7-5-8)9(2)11-3/h8-10H,4-7H2,1-3H3. The molecule has 0 heterocycles. The van der Waals surface area contributed by atoms with Gasteiger partial charge in [0.2, 0.25) is 0 Å². The Hall–Kier alpha value is -0.0400. The van der Waals surface area contributed by atoms with Crippen LogP contribution in [0.15, 0.2) is 0 Å². The molecule has 1 atom stereocenters. The third-order valence-corrected chi connectivity index (χ3v) is 3.10. The van der Waals surface area contributed by atoms with Crippen LogP contribution in [0.4, 0.5) is 0 Å². The lowest BCUT2D eigenvalue weighted by molar-refractivity contribution is 0.0445. The minimum atomic E-state index is 0.475. The zero-order chi connectivity index (χ0) is 8.27. The second-order valence-electron chi connectivity index (χ2n) is 3.96. The van der Waals surface area contributed by atoms with Crippen molar-refractivity contribution < 1.29 is 4.74 Å². The predicted octanol–water partition coefficient (Wildman–Crippen LogP) is 2.85. The van der Waals surface area contributed by atoms with E-state index in [2.05, 4.69) is 13.8 Å². The molecular weight excluding hydrogens is 136 g/mol. The summed E-state index contributed by atoms with van der Waals surface area (Å²) in [5.74, 6) is 1.78. The van der Waals surface area contributed by atoms with Crippen LogP contribution in [0, 0.1) is 11.8 Å². The van der Waals surface area contributed by atoms with Crippen molar-refractivity contribution in [3.63, 3.8) is 0 Å². The van der Waals surface area contributed by atoms with Crippen LogP contribution in [-0.4, -0.2) is 13.2 Å². The molecule has 0 radical (unpaired) electrons. The molecule has 1 aliphatic rings. The summed E-state index contributed by atoms with van der Waals surface area (Å²) in [4.78, 5) is 0. The third kappa shape index (κ3) is 2.48. The molecule has 0 aliphatic heterocycles. The minimum absolute atomic E-state index is 0.475. The lowest BCUT2D eigenvalue weighted by atomic mass is 9.80. The summed E-state index contributed by atoms with van der Waals surface area (Å²) in [5, 5.41) is 0. The highest BCUT2D eigenvalue weighted by molar-refractivity contribution is 4.73. The fourth-order valence-corrected chi connectivity index (χ4v) is 1.95. The quantitative estimate of drug-likeness (QED) is 0.597. The topological polar surface area (TPSA) is 9.23 Å². The molecule has 1 saturated carbocycles. The van der Waals surface area contributed by atoms with Gasteiger partial charge in [-0.2, -0.15) is 0 Å². The maximum atomic E-state index is 5.32. The van der Waals surface area contributed by atoms with E-state index < -0.39 is 0 Å². The normalized spacial score (nSPS) is 35.2. The van der Waals surface area contributed by atoms with Gasteiger partial charge in [-0.25, -0.2) is 0 Å². The van der Waals surface area contributed by atoms with Gasteiger partial charge >= 0.3 is 0 Å². The van der Waals surface area contributed by atoms with E-state index in [1.165, 1.54) is 25.7 Å². The van der Waals surface area contributed by atoms with Crippen LogP contribution in [0.2, 0.25) is 0 Å². The molecule has 1 heteroatoms. The molecule has 1 unspecified atom stereocenters. The predicted molar refractivity (Wildman–Crippen MR) is 47.6 cm³/mol. The molecule has 0 spiro atoms. The van der Waals surface area contributed by atoms with Gasteiger partial charge in [0, 0.05) is 7.11 Å². The summed E-state index contributed by atoms with van der Waals surface area (Å²) < 4.78 is 5.32. The first kappa shape index (κ1) is 9.05. The molecule has 66 valence electrons. The Labute approximate surface area is 70.1 Å². The number of hydrogen-bond donors (Lipinski definition) is 0. The first-order valence-electron chi connectivity index (χ1n) is 4.76. The van der Waals surface area contributed by atoms with E-state index in [-0.39, 0.29) is 0 Å². The van der Waals surface area contributed by atoms with Crippen LogP contribution >= 0.6 is 0 Å². The van der Waals surface area contributed by atoms with E-state index in [0.717, 1.165) is 11.8 Å². The summed E-state index contributed by atoms with van der Waals surface area (Å²) >= 11 is 0. The molecule has 0 saturated heterocycles. The van der Waals surface area contributed by atoms with Gasteiger partial charge in [0.15, 0.2) is 0 Å². The number of ether oxygens (including phenoxy) is 1.